The average molecular weight is 286 g/mol. The van der Waals surface area contributed by atoms with E-state index < -0.39 is 11.6 Å². The molecule has 0 fully saturated rings. The summed E-state index contributed by atoms with van der Waals surface area (Å²) in [4.78, 5) is 11.0. The van der Waals surface area contributed by atoms with Crippen molar-refractivity contribution in [3.63, 3.8) is 0 Å². The zero-order valence-electron chi connectivity index (χ0n) is 9.74. The maximum absolute atomic E-state index is 13.5. The van der Waals surface area contributed by atoms with Crippen LogP contribution in [0.15, 0.2) is 30.5 Å². The van der Waals surface area contributed by atoms with Crippen LogP contribution in [0.25, 0.3) is 5.69 Å². The first kappa shape index (κ1) is 13.5. The van der Waals surface area contributed by atoms with Crippen LogP contribution in [0.5, 0.6) is 0 Å². The molecule has 0 saturated heterocycles. The fraction of sp³-hybridized carbons (Fsp3) is 0.167. The SMILES string of the molecule is O=C(CCl)NCc1ccn(-c2c(F)cccc2F)n1. The molecular weight excluding hydrogens is 276 g/mol. The summed E-state index contributed by atoms with van der Waals surface area (Å²) >= 11 is 5.32. The first-order valence-corrected chi connectivity index (χ1v) is 5.97. The molecule has 0 spiro atoms. The van der Waals surface area contributed by atoms with E-state index in [2.05, 4.69) is 10.4 Å². The highest BCUT2D eigenvalue weighted by Crippen LogP contribution is 2.16. The Morgan fingerprint density at radius 1 is 1.32 bits per heavy atom. The van der Waals surface area contributed by atoms with E-state index in [4.69, 9.17) is 11.6 Å². The molecule has 0 atom stereocenters. The first-order valence-electron chi connectivity index (χ1n) is 5.43. The molecule has 2 rings (SSSR count). The Kier molecular flexibility index (Phi) is 4.11. The quantitative estimate of drug-likeness (QED) is 0.874. The molecule has 7 heteroatoms. The van der Waals surface area contributed by atoms with Crippen LogP contribution in [0.3, 0.4) is 0 Å². The summed E-state index contributed by atoms with van der Waals surface area (Å²) in [5.74, 6) is -1.91. The first-order chi connectivity index (χ1) is 9.11. The molecule has 0 radical (unpaired) electrons. The monoisotopic (exact) mass is 285 g/mol. The Balaban J connectivity index is 2.19. The third-order valence-corrected chi connectivity index (χ3v) is 2.64. The van der Waals surface area contributed by atoms with Crippen molar-refractivity contribution in [2.45, 2.75) is 6.54 Å². The summed E-state index contributed by atoms with van der Waals surface area (Å²) in [6, 6.07) is 5.13. The average Bonchev–Trinajstić information content (AvgIpc) is 2.84. The lowest BCUT2D eigenvalue weighted by Crippen LogP contribution is -2.24. The van der Waals surface area contributed by atoms with Crippen molar-refractivity contribution >= 4 is 17.5 Å². The van der Waals surface area contributed by atoms with E-state index in [1.807, 2.05) is 0 Å². The highest BCUT2D eigenvalue weighted by atomic mass is 35.5. The van der Waals surface area contributed by atoms with Crippen LogP contribution in [-0.2, 0) is 11.3 Å². The van der Waals surface area contributed by atoms with Crippen LogP contribution >= 0.6 is 11.6 Å². The van der Waals surface area contributed by atoms with E-state index in [1.165, 1.54) is 12.3 Å². The van der Waals surface area contributed by atoms with E-state index in [0.717, 1.165) is 16.8 Å². The standard InChI is InChI=1S/C12H10ClF2N3O/c13-6-11(19)16-7-8-4-5-18(17-8)12-9(14)2-1-3-10(12)15/h1-5H,6-7H2,(H,16,19). The fourth-order valence-corrected chi connectivity index (χ4v) is 1.62. The third-order valence-electron chi connectivity index (χ3n) is 2.40. The maximum Gasteiger partial charge on any atom is 0.235 e. The number of alkyl halides is 1. The van der Waals surface area contributed by atoms with Gasteiger partial charge in [0.15, 0.2) is 11.6 Å². The van der Waals surface area contributed by atoms with Crippen LogP contribution in [0.4, 0.5) is 8.78 Å². The Bertz CT molecular complexity index is 580. The Labute approximate surface area is 113 Å². The zero-order valence-corrected chi connectivity index (χ0v) is 10.5. The summed E-state index contributed by atoms with van der Waals surface area (Å²) < 4.78 is 28.1. The van der Waals surface area contributed by atoms with Gasteiger partial charge in [-0.2, -0.15) is 5.10 Å². The highest BCUT2D eigenvalue weighted by Gasteiger charge is 2.12. The van der Waals surface area contributed by atoms with Crippen molar-refractivity contribution < 1.29 is 13.6 Å². The molecule has 1 N–H and O–H groups in total. The molecule has 4 nitrogen and oxygen atoms in total. The normalized spacial score (nSPS) is 10.5. The van der Waals surface area contributed by atoms with Gasteiger partial charge >= 0.3 is 0 Å². The zero-order chi connectivity index (χ0) is 13.8. The van der Waals surface area contributed by atoms with Crippen LogP contribution in [-0.4, -0.2) is 21.6 Å². The number of rotatable bonds is 4. The van der Waals surface area contributed by atoms with Gasteiger partial charge in [-0.15, -0.1) is 11.6 Å². The number of benzene rings is 1. The molecular formula is C12H10ClF2N3O. The molecule has 19 heavy (non-hydrogen) atoms. The molecule has 0 aliphatic carbocycles. The lowest BCUT2D eigenvalue weighted by molar-refractivity contribution is -0.118. The summed E-state index contributed by atoms with van der Waals surface area (Å²) in [5.41, 5.74) is 0.221. The van der Waals surface area contributed by atoms with Gasteiger partial charge in [-0.25, -0.2) is 13.5 Å². The molecule has 1 amide bonds. The number of amides is 1. The second kappa shape index (κ2) is 5.79. The van der Waals surface area contributed by atoms with E-state index >= 15 is 0 Å². The highest BCUT2D eigenvalue weighted by molar-refractivity contribution is 6.27. The lowest BCUT2D eigenvalue weighted by atomic mass is 10.3. The second-order valence-corrected chi connectivity index (χ2v) is 4.00. The minimum absolute atomic E-state index is 0.147. The fourth-order valence-electron chi connectivity index (χ4n) is 1.52. The van der Waals surface area contributed by atoms with Gasteiger partial charge in [0.25, 0.3) is 0 Å². The summed E-state index contributed by atoms with van der Waals surface area (Å²) in [5, 5.41) is 6.50. The number of carbonyl (C=O) groups is 1. The largest absolute Gasteiger partial charge is 0.349 e. The van der Waals surface area contributed by atoms with Gasteiger partial charge in [0.1, 0.15) is 11.6 Å². The summed E-state index contributed by atoms with van der Waals surface area (Å²) in [6.07, 6.45) is 1.42. The van der Waals surface area contributed by atoms with E-state index in [-0.39, 0.29) is 24.0 Å². The number of hydrogen-bond donors (Lipinski definition) is 1. The van der Waals surface area contributed by atoms with Gasteiger partial charge in [-0.1, -0.05) is 6.07 Å². The molecule has 0 aliphatic rings. The van der Waals surface area contributed by atoms with E-state index in [9.17, 15) is 13.6 Å². The minimum atomic E-state index is -0.709. The van der Waals surface area contributed by atoms with Crippen molar-refractivity contribution in [1.29, 1.82) is 0 Å². The van der Waals surface area contributed by atoms with E-state index in [0.29, 0.717) is 5.69 Å². The smallest absolute Gasteiger partial charge is 0.235 e. The van der Waals surface area contributed by atoms with Gasteiger partial charge in [0.2, 0.25) is 5.91 Å². The molecule has 1 heterocycles. The van der Waals surface area contributed by atoms with Crippen molar-refractivity contribution in [2.24, 2.45) is 0 Å². The number of para-hydroxylation sites is 1. The third kappa shape index (κ3) is 3.08. The minimum Gasteiger partial charge on any atom is -0.349 e. The predicted molar refractivity (Wildman–Crippen MR) is 66.0 cm³/mol. The van der Waals surface area contributed by atoms with Gasteiger partial charge in [0.05, 0.1) is 12.2 Å². The number of aromatic nitrogens is 2. The molecule has 0 saturated carbocycles. The van der Waals surface area contributed by atoms with Crippen molar-refractivity contribution in [3.8, 4) is 5.69 Å². The lowest BCUT2D eigenvalue weighted by Gasteiger charge is -2.04. The molecule has 2 aromatic rings. The second-order valence-electron chi connectivity index (χ2n) is 3.73. The van der Waals surface area contributed by atoms with Gasteiger partial charge in [-0.05, 0) is 18.2 Å². The number of nitrogens with zero attached hydrogens (tertiary/aromatic N) is 2. The predicted octanol–water partition coefficient (Wildman–Crippen LogP) is 2.01. The van der Waals surface area contributed by atoms with Crippen molar-refractivity contribution in [3.05, 3.63) is 47.8 Å². The Morgan fingerprint density at radius 2 is 2.00 bits per heavy atom. The maximum atomic E-state index is 13.5. The molecule has 1 aromatic carbocycles. The molecule has 1 aromatic heterocycles. The number of carbonyl (C=O) groups excluding carboxylic acids is 1. The molecule has 100 valence electrons. The number of nitrogens with one attached hydrogen (secondary N) is 1. The van der Waals surface area contributed by atoms with Gasteiger partial charge < -0.3 is 5.32 Å². The van der Waals surface area contributed by atoms with E-state index in [1.54, 1.807) is 6.07 Å². The molecule has 0 unspecified atom stereocenters. The molecule has 0 bridgehead atoms. The van der Waals surface area contributed by atoms with Gasteiger partial charge in [-0.3, -0.25) is 4.79 Å². The van der Waals surface area contributed by atoms with Crippen LogP contribution in [0, 0.1) is 11.6 Å². The van der Waals surface area contributed by atoms with Crippen molar-refractivity contribution in [1.82, 2.24) is 15.1 Å². The number of hydrogen-bond acceptors (Lipinski definition) is 2. The van der Waals surface area contributed by atoms with Crippen LogP contribution in [0.1, 0.15) is 5.69 Å². The number of halogens is 3. The van der Waals surface area contributed by atoms with Crippen LogP contribution < -0.4 is 5.32 Å². The Hall–Kier alpha value is -1.95. The summed E-state index contributed by atoms with van der Waals surface area (Å²) in [7, 11) is 0. The van der Waals surface area contributed by atoms with Gasteiger partial charge in [0, 0.05) is 6.20 Å². The summed E-state index contributed by atoms with van der Waals surface area (Å²) in [6.45, 7) is 0.147. The van der Waals surface area contributed by atoms with Crippen LogP contribution in [0.2, 0.25) is 0 Å². The van der Waals surface area contributed by atoms with Crippen molar-refractivity contribution in [2.75, 3.05) is 5.88 Å². The molecule has 0 aliphatic heterocycles. The Morgan fingerprint density at radius 3 is 2.63 bits per heavy atom. The topological polar surface area (TPSA) is 46.9 Å².